The molecule has 0 saturated carbocycles. The predicted octanol–water partition coefficient (Wildman–Crippen LogP) is 1.74. The molecule has 126 valence electrons. The number of benzene rings is 1. The third-order valence-corrected chi connectivity index (χ3v) is 4.77. The van der Waals surface area contributed by atoms with Crippen LogP contribution in [-0.2, 0) is 17.9 Å². The van der Waals surface area contributed by atoms with Crippen LogP contribution in [0, 0.1) is 12.7 Å². The fourth-order valence-corrected chi connectivity index (χ4v) is 3.64. The Morgan fingerprint density at radius 2 is 2.12 bits per heavy atom. The minimum absolute atomic E-state index is 0.0523. The summed E-state index contributed by atoms with van der Waals surface area (Å²) in [4.78, 5) is 21.3. The Balaban J connectivity index is 1.55. The lowest BCUT2D eigenvalue weighted by atomic mass is 10.0. The van der Waals surface area contributed by atoms with E-state index in [1.807, 2.05) is 11.6 Å². The highest BCUT2D eigenvalue weighted by molar-refractivity contribution is 5.97. The molecule has 1 fully saturated rings. The highest BCUT2D eigenvalue weighted by atomic mass is 19.1. The highest BCUT2D eigenvalue weighted by Crippen LogP contribution is 2.26. The summed E-state index contributed by atoms with van der Waals surface area (Å²) in [5.41, 5.74) is 0.640. The first-order chi connectivity index (χ1) is 11.6. The number of amides is 1. The first-order valence-electron chi connectivity index (χ1n) is 8.33. The van der Waals surface area contributed by atoms with Crippen molar-refractivity contribution < 1.29 is 9.18 Å². The number of halogens is 1. The van der Waals surface area contributed by atoms with Gasteiger partial charge in [0.15, 0.2) is 0 Å². The number of carbonyl (C=O) groups excluding carboxylic acids is 1. The molecule has 1 aromatic carbocycles. The fourth-order valence-electron chi connectivity index (χ4n) is 3.64. The zero-order valence-corrected chi connectivity index (χ0v) is 13.7. The molecule has 0 radical (unpaired) electrons. The van der Waals surface area contributed by atoms with Crippen molar-refractivity contribution in [2.45, 2.75) is 38.9 Å². The summed E-state index contributed by atoms with van der Waals surface area (Å²) >= 11 is 0. The summed E-state index contributed by atoms with van der Waals surface area (Å²) in [6.45, 7) is 4.69. The zero-order valence-electron chi connectivity index (χ0n) is 13.7. The largest absolute Gasteiger partial charge is 0.311 e. The molecule has 6 nitrogen and oxygen atoms in total. The van der Waals surface area contributed by atoms with Crippen molar-refractivity contribution in [3.05, 3.63) is 41.7 Å². The lowest BCUT2D eigenvalue weighted by molar-refractivity contribution is -0.126. The monoisotopic (exact) mass is 329 g/mol. The molecule has 2 aromatic rings. The van der Waals surface area contributed by atoms with E-state index in [9.17, 15) is 9.18 Å². The number of anilines is 1. The lowest BCUT2D eigenvalue weighted by Gasteiger charge is -2.39. The predicted molar refractivity (Wildman–Crippen MR) is 86.9 cm³/mol. The third-order valence-electron chi connectivity index (χ3n) is 4.77. The van der Waals surface area contributed by atoms with Gasteiger partial charge in [-0.2, -0.15) is 5.10 Å². The highest BCUT2D eigenvalue weighted by Gasteiger charge is 2.36. The van der Waals surface area contributed by atoms with Crippen molar-refractivity contribution in [1.82, 2.24) is 19.7 Å². The van der Waals surface area contributed by atoms with E-state index in [-0.39, 0.29) is 17.8 Å². The standard InChI is InChI=1S/C17H20FN5O/c1-12-19-16-11-21(8-9-23(16)20-12)15-6-3-7-22(17(15)24)14-5-2-4-13(18)10-14/h2,4-5,10,15H,3,6-9,11H2,1H3/t15-/m1/s1. The summed E-state index contributed by atoms with van der Waals surface area (Å²) in [6.07, 6.45) is 1.74. The molecule has 7 heteroatoms. The summed E-state index contributed by atoms with van der Waals surface area (Å²) in [5.74, 6) is 1.41. The van der Waals surface area contributed by atoms with E-state index in [1.54, 1.807) is 17.0 Å². The van der Waals surface area contributed by atoms with E-state index in [0.717, 1.165) is 37.6 Å². The van der Waals surface area contributed by atoms with Crippen LogP contribution in [0.3, 0.4) is 0 Å². The average molecular weight is 329 g/mol. The maximum absolute atomic E-state index is 13.5. The van der Waals surface area contributed by atoms with E-state index in [0.29, 0.717) is 18.8 Å². The van der Waals surface area contributed by atoms with Crippen molar-refractivity contribution in [1.29, 1.82) is 0 Å². The first kappa shape index (κ1) is 15.3. The summed E-state index contributed by atoms with van der Waals surface area (Å²) < 4.78 is 15.4. The van der Waals surface area contributed by atoms with Crippen LogP contribution in [0.25, 0.3) is 0 Å². The van der Waals surface area contributed by atoms with E-state index in [4.69, 9.17) is 0 Å². The second-order valence-corrected chi connectivity index (χ2v) is 6.40. The smallest absolute Gasteiger partial charge is 0.244 e. The van der Waals surface area contributed by atoms with Crippen LogP contribution in [-0.4, -0.2) is 44.7 Å². The van der Waals surface area contributed by atoms with Crippen molar-refractivity contribution in [3.63, 3.8) is 0 Å². The minimum Gasteiger partial charge on any atom is -0.311 e. The SMILES string of the molecule is Cc1nc2n(n1)CCN([C@@H]1CCCN(c3cccc(F)c3)C1=O)C2. The van der Waals surface area contributed by atoms with Gasteiger partial charge in [-0.3, -0.25) is 9.69 Å². The van der Waals surface area contributed by atoms with Crippen molar-refractivity contribution in [3.8, 4) is 0 Å². The van der Waals surface area contributed by atoms with Gasteiger partial charge in [0, 0.05) is 18.8 Å². The van der Waals surface area contributed by atoms with Crippen molar-refractivity contribution in [2.24, 2.45) is 0 Å². The van der Waals surface area contributed by atoms with Crippen LogP contribution in [0.1, 0.15) is 24.5 Å². The Morgan fingerprint density at radius 3 is 2.96 bits per heavy atom. The number of hydrogen-bond acceptors (Lipinski definition) is 4. The molecule has 1 saturated heterocycles. The Hall–Kier alpha value is -2.28. The van der Waals surface area contributed by atoms with Gasteiger partial charge in [-0.25, -0.2) is 14.1 Å². The molecule has 3 heterocycles. The second-order valence-electron chi connectivity index (χ2n) is 6.40. The molecule has 2 aliphatic rings. The lowest BCUT2D eigenvalue weighted by Crippen LogP contribution is -2.54. The molecule has 1 aromatic heterocycles. The van der Waals surface area contributed by atoms with E-state index >= 15 is 0 Å². The van der Waals surface area contributed by atoms with Crippen LogP contribution in [0.15, 0.2) is 24.3 Å². The van der Waals surface area contributed by atoms with Gasteiger partial charge in [-0.05, 0) is 38.0 Å². The molecule has 4 rings (SSSR count). The maximum Gasteiger partial charge on any atom is 0.244 e. The minimum atomic E-state index is -0.316. The van der Waals surface area contributed by atoms with Crippen LogP contribution in [0.4, 0.5) is 10.1 Å². The van der Waals surface area contributed by atoms with Crippen LogP contribution < -0.4 is 4.90 Å². The van der Waals surface area contributed by atoms with E-state index in [1.165, 1.54) is 12.1 Å². The topological polar surface area (TPSA) is 54.3 Å². The quantitative estimate of drug-likeness (QED) is 0.842. The Labute approximate surface area is 139 Å². The van der Waals surface area contributed by atoms with Crippen molar-refractivity contribution in [2.75, 3.05) is 18.0 Å². The number of carbonyl (C=O) groups is 1. The van der Waals surface area contributed by atoms with Gasteiger partial charge >= 0.3 is 0 Å². The zero-order chi connectivity index (χ0) is 16.7. The molecular formula is C17H20FN5O. The average Bonchev–Trinajstić information content (AvgIpc) is 2.94. The summed E-state index contributed by atoms with van der Waals surface area (Å²) in [5, 5.41) is 4.36. The molecule has 24 heavy (non-hydrogen) atoms. The molecule has 0 bridgehead atoms. The second kappa shape index (κ2) is 5.98. The van der Waals surface area contributed by atoms with Gasteiger partial charge in [0.25, 0.3) is 0 Å². The van der Waals surface area contributed by atoms with Crippen LogP contribution >= 0.6 is 0 Å². The number of piperidine rings is 1. The van der Waals surface area contributed by atoms with Crippen molar-refractivity contribution >= 4 is 11.6 Å². The summed E-state index contributed by atoms with van der Waals surface area (Å²) in [7, 11) is 0. The van der Waals surface area contributed by atoms with E-state index in [2.05, 4.69) is 15.0 Å². The van der Waals surface area contributed by atoms with Gasteiger partial charge in [0.05, 0.1) is 19.1 Å². The molecule has 0 N–H and O–H groups in total. The molecule has 1 amide bonds. The van der Waals surface area contributed by atoms with Gasteiger partial charge in [-0.15, -0.1) is 0 Å². The molecule has 0 spiro atoms. The number of rotatable bonds is 2. The fraction of sp³-hybridized carbons (Fsp3) is 0.471. The van der Waals surface area contributed by atoms with Gasteiger partial charge < -0.3 is 4.90 Å². The third kappa shape index (κ3) is 2.69. The Kier molecular flexibility index (Phi) is 3.80. The van der Waals surface area contributed by atoms with Crippen LogP contribution in [0.2, 0.25) is 0 Å². The number of aromatic nitrogens is 3. The number of aryl methyl sites for hydroxylation is 1. The Morgan fingerprint density at radius 1 is 1.25 bits per heavy atom. The number of nitrogens with zero attached hydrogens (tertiary/aromatic N) is 5. The molecule has 1 atom stereocenters. The van der Waals surface area contributed by atoms with Gasteiger partial charge in [0.1, 0.15) is 17.5 Å². The Bertz CT molecular complexity index is 774. The molecular weight excluding hydrogens is 309 g/mol. The normalized spacial score (nSPS) is 21.8. The molecule has 0 aliphatic carbocycles. The van der Waals surface area contributed by atoms with Crippen LogP contribution in [0.5, 0.6) is 0 Å². The number of fused-ring (bicyclic) bond motifs is 1. The number of hydrogen-bond donors (Lipinski definition) is 0. The van der Waals surface area contributed by atoms with Gasteiger partial charge in [0.2, 0.25) is 5.91 Å². The molecule has 0 unspecified atom stereocenters. The molecule has 2 aliphatic heterocycles. The van der Waals surface area contributed by atoms with Gasteiger partial charge in [-0.1, -0.05) is 6.07 Å². The summed E-state index contributed by atoms with van der Waals surface area (Å²) in [6, 6.07) is 6.09. The first-order valence-corrected chi connectivity index (χ1v) is 8.33. The van der Waals surface area contributed by atoms with E-state index < -0.39 is 0 Å². The maximum atomic E-state index is 13.5.